The molecule has 1 N–H and O–H groups in total. The van der Waals surface area contributed by atoms with Crippen molar-refractivity contribution in [3.05, 3.63) is 12.2 Å². The van der Waals surface area contributed by atoms with E-state index in [0.717, 1.165) is 25.3 Å². The Morgan fingerprint density at radius 3 is 1.50 bits per heavy atom. The van der Waals surface area contributed by atoms with E-state index in [1.165, 1.54) is 44.9 Å². The Kier molecular flexibility index (Phi) is 15.9. The lowest BCUT2D eigenvalue weighted by Gasteiger charge is -2.43. The van der Waals surface area contributed by atoms with Gasteiger partial charge in [-0.3, -0.25) is 4.79 Å². The molecule has 0 radical (unpaired) electrons. The van der Waals surface area contributed by atoms with E-state index in [9.17, 15) is 4.79 Å². The Hall–Kier alpha value is -0.0425. The zero-order chi connectivity index (χ0) is 26.5. The van der Waals surface area contributed by atoms with Crippen molar-refractivity contribution in [1.29, 1.82) is 0 Å². The second-order valence-corrected chi connectivity index (χ2v) is 29.5. The lowest BCUT2D eigenvalue weighted by molar-refractivity contribution is -0.117. The first-order valence-corrected chi connectivity index (χ1v) is 25.7. The van der Waals surface area contributed by atoms with Crippen LogP contribution in [0, 0.1) is 0 Å². The minimum Gasteiger partial charge on any atom is -0.417 e. The standard InChI is InChI=1S/C25H57NO4Si4/c1-12-13-14-15-16-17-18-19-21-24(2)25(27)26-22-20-23-34(28-31(3,4)5,29-32(6,7)8)30-33(9,10)11/h2,12-23H2,1,3-11H3,(H,26,27). The van der Waals surface area contributed by atoms with Crippen LogP contribution >= 0.6 is 0 Å². The van der Waals surface area contributed by atoms with Crippen molar-refractivity contribution in [3.8, 4) is 0 Å². The van der Waals surface area contributed by atoms with Crippen molar-refractivity contribution in [2.24, 2.45) is 0 Å². The van der Waals surface area contributed by atoms with Gasteiger partial charge in [-0.2, -0.15) is 0 Å². The summed E-state index contributed by atoms with van der Waals surface area (Å²) in [5, 5.41) is 3.07. The molecule has 1 amide bonds. The van der Waals surface area contributed by atoms with Crippen LogP contribution in [0.25, 0.3) is 0 Å². The predicted octanol–water partition coefficient (Wildman–Crippen LogP) is 8.07. The number of hydrogen-bond donors (Lipinski definition) is 1. The third-order valence-corrected chi connectivity index (χ3v) is 17.0. The average Bonchev–Trinajstić information content (AvgIpc) is 2.62. The van der Waals surface area contributed by atoms with Crippen LogP contribution in [-0.4, -0.2) is 46.2 Å². The van der Waals surface area contributed by atoms with Gasteiger partial charge < -0.3 is 17.7 Å². The zero-order valence-electron chi connectivity index (χ0n) is 24.3. The normalized spacial score (nSPS) is 13.2. The average molecular weight is 548 g/mol. The maximum absolute atomic E-state index is 12.5. The van der Waals surface area contributed by atoms with Crippen LogP contribution in [0.1, 0.15) is 71.1 Å². The van der Waals surface area contributed by atoms with Crippen molar-refractivity contribution < 1.29 is 17.1 Å². The maximum atomic E-state index is 12.5. The molecule has 0 heterocycles. The largest absolute Gasteiger partial charge is 0.469 e. The highest BCUT2D eigenvalue weighted by molar-refractivity contribution is 6.90. The molecule has 0 spiro atoms. The summed E-state index contributed by atoms with van der Waals surface area (Å²) in [6, 6.07) is 0.747. The van der Waals surface area contributed by atoms with Crippen LogP contribution in [0.2, 0.25) is 65.0 Å². The first-order chi connectivity index (χ1) is 15.5. The summed E-state index contributed by atoms with van der Waals surface area (Å²) in [5.74, 6) is -0.0152. The molecular formula is C25H57NO4Si4. The number of unbranched alkanes of at least 4 members (excludes halogenated alkanes) is 7. The van der Waals surface area contributed by atoms with Gasteiger partial charge in [0.05, 0.1) is 0 Å². The number of nitrogens with one attached hydrogen (secondary N) is 1. The second-order valence-electron chi connectivity index (χ2n) is 12.5. The Morgan fingerprint density at radius 2 is 1.09 bits per heavy atom. The summed E-state index contributed by atoms with van der Waals surface area (Å²) in [5.41, 5.74) is 0.699. The third-order valence-electron chi connectivity index (χ3n) is 4.98. The Labute approximate surface area is 216 Å². The first-order valence-electron chi connectivity index (χ1n) is 13.6. The minimum absolute atomic E-state index is 0.0152. The van der Waals surface area contributed by atoms with Crippen molar-refractivity contribution in [1.82, 2.24) is 5.32 Å². The number of rotatable bonds is 20. The Bertz CT molecular complexity index is 554. The van der Waals surface area contributed by atoms with Gasteiger partial charge in [0, 0.05) is 18.2 Å². The Morgan fingerprint density at radius 1 is 0.676 bits per heavy atom. The van der Waals surface area contributed by atoms with E-state index in [-0.39, 0.29) is 5.91 Å². The van der Waals surface area contributed by atoms with Gasteiger partial charge in [0.25, 0.3) is 0 Å². The predicted molar refractivity (Wildman–Crippen MR) is 158 cm³/mol. The SMILES string of the molecule is C=C(CCCCCCCCCC)C(=O)NCCC[Si](O[Si](C)(C)C)(O[Si](C)(C)C)O[Si](C)(C)C. The molecule has 0 aromatic heterocycles. The van der Waals surface area contributed by atoms with Crippen molar-refractivity contribution in [2.75, 3.05) is 6.54 Å². The van der Waals surface area contributed by atoms with Gasteiger partial charge in [-0.05, 0) is 78.2 Å². The van der Waals surface area contributed by atoms with Crippen LogP contribution in [0.3, 0.4) is 0 Å². The van der Waals surface area contributed by atoms with Crippen molar-refractivity contribution in [2.45, 2.75) is 136 Å². The van der Waals surface area contributed by atoms with E-state index in [1.807, 2.05) is 0 Å². The van der Waals surface area contributed by atoms with E-state index in [0.29, 0.717) is 12.1 Å². The Balaban J connectivity index is 4.67. The highest BCUT2D eigenvalue weighted by atomic mass is 28.5. The summed E-state index contributed by atoms with van der Waals surface area (Å²) < 4.78 is 20.1. The molecule has 0 aliphatic carbocycles. The smallest absolute Gasteiger partial charge is 0.417 e. The van der Waals surface area contributed by atoms with E-state index >= 15 is 0 Å². The molecular weight excluding hydrogens is 491 g/mol. The summed E-state index contributed by atoms with van der Waals surface area (Å²) in [4.78, 5) is 12.5. The molecule has 9 heteroatoms. The lowest BCUT2D eigenvalue weighted by Crippen LogP contribution is -2.60. The van der Waals surface area contributed by atoms with E-state index in [2.05, 4.69) is 77.7 Å². The zero-order valence-corrected chi connectivity index (χ0v) is 28.3. The topological polar surface area (TPSA) is 56.8 Å². The van der Waals surface area contributed by atoms with Gasteiger partial charge in [0.2, 0.25) is 5.91 Å². The van der Waals surface area contributed by atoms with Crippen molar-refractivity contribution >= 4 is 39.7 Å². The van der Waals surface area contributed by atoms with Gasteiger partial charge in [0.1, 0.15) is 0 Å². The molecule has 0 saturated heterocycles. The maximum Gasteiger partial charge on any atom is 0.469 e. The number of hydrogen-bond acceptors (Lipinski definition) is 4. The molecule has 202 valence electrons. The van der Waals surface area contributed by atoms with Crippen LogP contribution in [0.5, 0.6) is 0 Å². The molecule has 34 heavy (non-hydrogen) atoms. The highest BCUT2D eigenvalue weighted by Crippen LogP contribution is 2.29. The summed E-state index contributed by atoms with van der Waals surface area (Å²) in [7, 11) is -8.44. The van der Waals surface area contributed by atoms with Gasteiger partial charge in [-0.1, -0.05) is 58.4 Å². The number of carbonyl (C=O) groups is 1. The van der Waals surface area contributed by atoms with Gasteiger partial charge in [-0.15, -0.1) is 0 Å². The lowest BCUT2D eigenvalue weighted by atomic mass is 10.0. The van der Waals surface area contributed by atoms with E-state index in [4.69, 9.17) is 12.3 Å². The molecule has 0 atom stereocenters. The summed E-state index contributed by atoms with van der Waals surface area (Å²) in [6.45, 7) is 26.7. The monoisotopic (exact) mass is 547 g/mol. The third kappa shape index (κ3) is 19.2. The van der Waals surface area contributed by atoms with Crippen LogP contribution in [0.15, 0.2) is 12.2 Å². The molecule has 0 aromatic rings. The summed E-state index contributed by atoms with van der Waals surface area (Å²) >= 11 is 0. The minimum atomic E-state index is -2.83. The van der Waals surface area contributed by atoms with Crippen molar-refractivity contribution in [3.63, 3.8) is 0 Å². The molecule has 0 fully saturated rings. The first kappa shape index (κ1) is 34.0. The molecule has 0 saturated carbocycles. The number of carbonyl (C=O) groups excluding carboxylic acids is 1. The van der Waals surface area contributed by atoms with Gasteiger partial charge >= 0.3 is 8.80 Å². The van der Waals surface area contributed by atoms with E-state index < -0.39 is 33.8 Å². The van der Waals surface area contributed by atoms with Crippen LogP contribution in [-0.2, 0) is 17.1 Å². The molecule has 0 rings (SSSR count). The fourth-order valence-corrected chi connectivity index (χ4v) is 18.5. The molecule has 0 aliphatic heterocycles. The second kappa shape index (κ2) is 15.9. The van der Waals surface area contributed by atoms with Gasteiger partial charge in [-0.25, -0.2) is 0 Å². The molecule has 5 nitrogen and oxygen atoms in total. The fourth-order valence-electron chi connectivity index (χ4n) is 3.83. The van der Waals surface area contributed by atoms with E-state index in [1.54, 1.807) is 0 Å². The van der Waals surface area contributed by atoms with Gasteiger partial charge in [0.15, 0.2) is 25.0 Å². The molecule has 0 aliphatic rings. The molecule has 0 bridgehead atoms. The van der Waals surface area contributed by atoms with Crippen LogP contribution in [0.4, 0.5) is 0 Å². The highest BCUT2D eigenvalue weighted by Gasteiger charge is 2.49. The molecule has 0 unspecified atom stereocenters. The summed E-state index contributed by atoms with van der Waals surface area (Å²) in [6.07, 6.45) is 11.7. The molecule has 0 aromatic carbocycles. The number of amides is 1. The quantitative estimate of drug-likeness (QED) is 0.0951. The fraction of sp³-hybridized carbons (Fsp3) is 0.880. The van der Waals surface area contributed by atoms with Crippen LogP contribution < -0.4 is 5.32 Å².